The molecule has 0 aliphatic rings. The molecule has 2 N–H and O–H groups in total. The van der Waals surface area contributed by atoms with E-state index in [0.717, 1.165) is 13.0 Å². The summed E-state index contributed by atoms with van der Waals surface area (Å²) >= 11 is 0. The summed E-state index contributed by atoms with van der Waals surface area (Å²) in [6.45, 7) is 4.29. The first-order valence-electron chi connectivity index (χ1n) is 5.75. The predicted molar refractivity (Wildman–Crippen MR) is 59.9 cm³/mol. The zero-order valence-electron chi connectivity index (χ0n) is 9.61. The van der Waals surface area contributed by atoms with Crippen molar-refractivity contribution in [2.24, 2.45) is 0 Å². The fourth-order valence-corrected chi connectivity index (χ4v) is 1.49. The maximum Gasteiger partial charge on any atom is 0.304 e. The third-order valence-electron chi connectivity index (χ3n) is 2.39. The number of carboxylic acid groups (broad SMARTS) is 1. The minimum atomic E-state index is -0.772. The van der Waals surface area contributed by atoms with Crippen LogP contribution in [-0.4, -0.2) is 47.3 Å². The van der Waals surface area contributed by atoms with Crippen LogP contribution in [0.4, 0.5) is 0 Å². The number of aliphatic carboxylic acids is 1. The molecule has 0 aliphatic heterocycles. The van der Waals surface area contributed by atoms with Gasteiger partial charge in [0, 0.05) is 13.1 Å². The Kier molecular flexibility index (Phi) is 9.52. The Bertz CT molecular complexity index is 162. The molecule has 0 aromatic rings. The minimum Gasteiger partial charge on any atom is -0.481 e. The van der Waals surface area contributed by atoms with Crippen LogP contribution in [0, 0.1) is 0 Å². The summed E-state index contributed by atoms with van der Waals surface area (Å²) in [6.07, 6.45) is 4.87. The van der Waals surface area contributed by atoms with Crippen LogP contribution in [0.15, 0.2) is 0 Å². The van der Waals surface area contributed by atoms with Crippen LogP contribution in [-0.2, 0) is 4.79 Å². The van der Waals surface area contributed by atoms with E-state index in [1.54, 1.807) is 0 Å². The van der Waals surface area contributed by atoms with E-state index in [1.165, 1.54) is 19.3 Å². The highest BCUT2D eigenvalue weighted by atomic mass is 16.4. The van der Waals surface area contributed by atoms with Gasteiger partial charge in [-0.3, -0.25) is 4.79 Å². The number of hydrogen-bond acceptors (Lipinski definition) is 3. The molecule has 0 unspecified atom stereocenters. The highest BCUT2D eigenvalue weighted by Gasteiger charge is 2.06. The molecule has 4 heteroatoms. The van der Waals surface area contributed by atoms with Gasteiger partial charge in [-0.15, -0.1) is 0 Å². The van der Waals surface area contributed by atoms with Gasteiger partial charge in [0.2, 0.25) is 0 Å². The normalized spacial score (nSPS) is 10.9. The largest absolute Gasteiger partial charge is 0.481 e. The van der Waals surface area contributed by atoms with Gasteiger partial charge in [0.15, 0.2) is 0 Å². The molecule has 0 bridgehead atoms. The number of carboxylic acids is 1. The maximum atomic E-state index is 10.4. The van der Waals surface area contributed by atoms with Crippen molar-refractivity contribution in [2.45, 2.75) is 39.0 Å². The van der Waals surface area contributed by atoms with E-state index in [4.69, 9.17) is 10.2 Å². The van der Waals surface area contributed by atoms with Gasteiger partial charge in [0.25, 0.3) is 0 Å². The molecule has 0 heterocycles. The number of unbranched alkanes of at least 4 members (excludes halogenated alkanes) is 3. The molecule has 0 saturated carbocycles. The molecular weight excluding hydrogens is 194 g/mol. The molecule has 15 heavy (non-hydrogen) atoms. The van der Waals surface area contributed by atoms with E-state index in [2.05, 4.69) is 6.92 Å². The van der Waals surface area contributed by atoms with Crippen LogP contribution in [0.2, 0.25) is 0 Å². The van der Waals surface area contributed by atoms with Crippen LogP contribution >= 0.6 is 0 Å². The lowest BCUT2D eigenvalue weighted by molar-refractivity contribution is -0.137. The van der Waals surface area contributed by atoms with Crippen molar-refractivity contribution >= 4 is 5.97 Å². The summed E-state index contributed by atoms with van der Waals surface area (Å²) in [7, 11) is 0. The van der Waals surface area contributed by atoms with Crippen LogP contribution in [0.25, 0.3) is 0 Å². The molecule has 0 saturated heterocycles. The fraction of sp³-hybridized carbons (Fsp3) is 0.909. The van der Waals surface area contributed by atoms with E-state index in [1.807, 2.05) is 4.90 Å². The molecule has 0 aliphatic carbocycles. The molecule has 0 fully saturated rings. The minimum absolute atomic E-state index is 0.105. The fourth-order valence-electron chi connectivity index (χ4n) is 1.49. The van der Waals surface area contributed by atoms with Gasteiger partial charge in [0.1, 0.15) is 0 Å². The Morgan fingerprint density at radius 3 is 2.40 bits per heavy atom. The topological polar surface area (TPSA) is 60.8 Å². The SMILES string of the molecule is CCCCCCN(CCO)CCC(=O)O. The van der Waals surface area contributed by atoms with Crippen LogP contribution < -0.4 is 0 Å². The van der Waals surface area contributed by atoms with E-state index in [0.29, 0.717) is 13.1 Å². The van der Waals surface area contributed by atoms with E-state index >= 15 is 0 Å². The van der Waals surface area contributed by atoms with Crippen LogP contribution in [0.1, 0.15) is 39.0 Å². The summed E-state index contributed by atoms with van der Waals surface area (Å²) in [5.74, 6) is -0.772. The lowest BCUT2D eigenvalue weighted by Crippen LogP contribution is -2.30. The molecule has 0 atom stereocenters. The number of aliphatic hydroxyl groups is 1. The molecule has 0 spiro atoms. The zero-order chi connectivity index (χ0) is 11.5. The smallest absolute Gasteiger partial charge is 0.304 e. The molecule has 90 valence electrons. The monoisotopic (exact) mass is 217 g/mol. The summed E-state index contributed by atoms with van der Waals surface area (Å²) in [4.78, 5) is 12.4. The second-order valence-corrected chi connectivity index (χ2v) is 3.77. The Balaban J connectivity index is 3.57. The van der Waals surface area contributed by atoms with Gasteiger partial charge < -0.3 is 15.1 Å². The zero-order valence-corrected chi connectivity index (χ0v) is 9.61. The average molecular weight is 217 g/mol. The number of carbonyl (C=O) groups is 1. The summed E-state index contributed by atoms with van der Waals surface area (Å²) in [5, 5.41) is 17.4. The third kappa shape index (κ3) is 9.69. The van der Waals surface area contributed by atoms with Gasteiger partial charge in [-0.1, -0.05) is 26.2 Å². The Hall–Kier alpha value is -0.610. The highest BCUT2D eigenvalue weighted by molar-refractivity contribution is 5.66. The molecule has 0 aromatic heterocycles. The van der Waals surface area contributed by atoms with Crippen molar-refractivity contribution < 1.29 is 15.0 Å². The first kappa shape index (κ1) is 14.4. The Morgan fingerprint density at radius 2 is 1.87 bits per heavy atom. The first-order valence-corrected chi connectivity index (χ1v) is 5.75. The average Bonchev–Trinajstić information content (AvgIpc) is 2.20. The Morgan fingerprint density at radius 1 is 1.13 bits per heavy atom. The molecule has 0 aromatic carbocycles. The lowest BCUT2D eigenvalue weighted by atomic mass is 10.2. The molecule has 0 radical (unpaired) electrons. The second-order valence-electron chi connectivity index (χ2n) is 3.77. The standard InChI is InChI=1S/C11H23NO3/c1-2-3-4-5-7-12(9-10-13)8-6-11(14)15/h13H,2-10H2,1H3,(H,14,15). The number of rotatable bonds is 10. The summed E-state index contributed by atoms with van der Waals surface area (Å²) in [6, 6.07) is 0. The van der Waals surface area contributed by atoms with E-state index in [9.17, 15) is 4.79 Å². The van der Waals surface area contributed by atoms with Gasteiger partial charge in [0.05, 0.1) is 13.0 Å². The first-order chi connectivity index (χ1) is 7.20. The van der Waals surface area contributed by atoms with Crippen LogP contribution in [0.3, 0.4) is 0 Å². The van der Waals surface area contributed by atoms with Crippen molar-refractivity contribution in [1.82, 2.24) is 4.90 Å². The number of aliphatic hydroxyl groups excluding tert-OH is 1. The van der Waals surface area contributed by atoms with Crippen molar-refractivity contribution in [3.05, 3.63) is 0 Å². The lowest BCUT2D eigenvalue weighted by Gasteiger charge is -2.20. The van der Waals surface area contributed by atoms with Crippen molar-refractivity contribution in [3.63, 3.8) is 0 Å². The summed E-state index contributed by atoms with van der Waals surface area (Å²) < 4.78 is 0. The van der Waals surface area contributed by atoms with Crippen molar-refractivity contribution in [1.29, 1.82) is 0 Å². The van der Waals surface area contributed by atoms with Gasteiger partial charge >= 0.3 is 5.97 Å². The molecular formula is C11H23NO3. The van der Waals surface area contributed by atoms with Crippen LogP contribution in [0.5, 0.6) is 0 Å². The van der Waals surface area contributed by atoms with Gasteiger partial charge in [-0.25, -0.2) is 0 Å². The van der Waals surface area contributed by atoms with Gasteiger partial charge in [-0.2, -0.15) is 0 Å². The number of nitrogens with zero attached hydrogens (tertiary/aromatic N) is 1. The summed E-state index contributed by atoms with van der Waals surface area (Å²) in [5.41, 5.74) is 0. The third-order valence-corrected chi connectivity index (χ3v) is 2.39. The second kappa shape index (κ2) is 9.93. The highest BCUT2D eigenvalue weighted by Crippen LogP contribution is 2.01. The Labute approximate surface area is 91.9 Å². The number of hydrogen-bond donors (Lipinski definition) is 2. The molecule has 0 amide bonds. The molecule has 0 rings (SSSR count). The quantitative estimate of drug-likeness (QED) is 0.542. The predicted octanol–water partition coefficient (Wildman–Crippen LogP) is 1.34. The van der Waals surface area contributed by atoms with Crippen molar-refractivity contribution in [2.75, 3.05) is 26.2 Å². The van der Waals surface area contributed by atoms with Crippen molar-refractivity contribution in [3.8, 4) is 0 Å². The van der Waals surface area contributed by atoms with E-state index < -0.39 is 5.97 Å². The molecule has 4 nitrogen and oxygen atoms in total. The van der Waals surface area contributed by atoms with Gasteiger partial charge in [-0.05, 0) is 13.0 Å². The maximum absolute atomic E-state index is 10.4. The van der Waals surface area contributed by atoms with E-state index in [-0.39, 0.29) is 13.0 Å².